The van der Waals surface area contributed by atoms with Crippen LogP contribution >= 0.6 is 11.6 Å². The molecule has 0 saturated carbocycles. The molecule has 0 fully saturated rings. The predicted molar refractivity (Wildman–Crippen MR) is 52.5 cm³/mol. The van der Waals surface area contributed by atoms with Crippen LogP contribution < -0.4 is 5.73 Å². The number of carbonyl (C=O) groups is 1. The van der Waals surface area contributed by atoms with Crippen LogP contribution in [0, 0.1) is 0 Å². The van der Waals surface area contributed by atoms with Gasteiger partial charge >= 0.3 is 5.97 Å². The summed E-state index contributed by atoms with van der Waals surface area (Å²) in [6.07, 6.45) is 2.50. The van der Waals surface area contributed by atoms with Gasteiger partial charge in [0.15, 0.2) is 0 Å². The molecule has 68 valence electrons. The first-order chi connectivity index (χ1) is 6.09. The van der Waals surface area contributed by atoms with Crippen molar-refractivity contribution in [3.8, 4) is 0 Å². The largest absolute Gasteiger partial charge is 0.478 e. The summed E-state index contributed by atoms with van der Waals surface area (Å²) in [7, 11) is 0. The summed E-state index contributed by atoms with van der Waals surface area (Å²) in [5, 5.41) is 8.78. The monoisotopic (exact) mass is 197 g/mol. The Morgan fingerprint density at radius 1 is 1.54 bits per heavy atom. The van der Waals surface area contributed by atoms with Gasteiger partial charge in [-0.1, -0.05) is 17.7 Å². The van der Waals surface area contributed by atoms with E-state index in [0.717, 1.165) is 6.08 Å². The van der Waals surface area contributed by atoms with E-state index in [1.807, 2.05) is 0 Å². The number of benzene rings is 1. The van der Waals surface area contributed by atoms with Crippen LogP contribution in [0.15, 0.2) is 24.3 Å². The van der Waals surface area contributed by atoms with Gasteiger partial charge in [-0.05, 0) is 23.8 Å². The summed E-state index contributed by atoms with van der Waals surface area (Å²) in [5.41, 5.74) is 6.66. The molecule has 3 nitrogen and oxygen atoms in total. The molecule has 1 aromatic carbocycles. The number of hydrogen-bond donors (Lipinski definition) is 2. The third-order valence-corrected chi connectivity index (χ3v) is 1.77. The van der Waals surface area contributed by atoms with Gasteiger partial charge in [-0.3, -0.25) is 0 Å². The van der Waals surface area contributed by atoms with Crippen LogP contribution in [0.1, 0.15) is 5.56 Å². The van der Waals surface area contributed by atoms with Crippen molar-refractivity contribution in [2.75, 3.05) is 5.73 Å². The molecule has 0 radical (unpaired) electrons. The SMILES string of the molecule is Nc1ccc(/C=C/C(=O)O)cc1Cl. The fourth-order valence-corrected chi connectivity index (χ4v) is 1.00. The lowest BCUT2D eigenvalue weighted by atomic mass is 10.2. The molecule has 0 amide bonds. The van der Waals surface area contributed by atoms with E-state index in [9.17, 15) is 4.79 Å². The molecule has 0 aliphatic carbocycles. The number of carboxylic acids is 1. The molecule has 0 unspecified atom stereocenters. The molecule has 0 aliphatic heterocycles. The summed E-state index contributed by atoms with van der Waals surface area (Å²) in [6, 6.07) is 4.93. The number of aliphatic carboxylic acids is 1. The van der Waals surface area contributed by atoms with Gasteiger partial charge in [0.05, 0.1) is 10.7 Å². The van der Waals surface area contributed by atoms with Crippen molar-refractivity contribution in [3.05, 3.63) is 34.9 Å². The van der Waals surface area contributed by atoms with Crippen molar-refractivity contribution in [1.29, 1.82) is 0 Å². The Balaban J connectivity index is 2.92. The highest BCUT2D eigenvalue weighted by Gasteiger charge is 1.95. The van der Waals surface area contributed by atoms with Crippen molar-refractivity contribution >= 4 is 29.3 Å². The Morgan fingerprint density at radius 2 is 2.23 bits per heavy atom. The number of carboxylic acid groups (broad SMARTS) is 1. The molecule has 0 aliphatic rings. The van der Waals surface area contributed by atoms with Gasteiger partial charge in [0.25, 0.3) is 0 Å². The number of hydrogen-bond acceptors (Lipinski definition) is 2. The topological polar surface area (TPSA) is 63.3 Å². The van der Waals surface area contributed by atoms with Gasteiger partial charge in [0.1, 0.15) is 0 Å². The second kappa shape index (κ2) is 3.96. The van der Waals surface area contributed by atoms with E-state index >= 15 is 0 Å². The van der Waals surface area contributed by atoms with E-state index in [1.165, 1.54) is 6.08 Å². The second-order valence-corrected chi connectivity index (χ2v) is 2.86. The smallest absolute Gasteiger partial charge is 0.328 e. The maximum absolute atomic E-state index is 10.2. The highest BCUT2D eigenvalue weighted by Crippen LogP contribution is 2.20. The van der Waals surface area contributed by atoms with Crippen LogP contribution in [0.4, 0.5) is 5.69 Å². The predicted octanol–water partition coefficient (Wildman–Crippen LogP) is 2.02. The fourth-order valence-electron chi connectivity index (χ4n) is 0.815. The van der Waals surface area contributed by atoms with Gasteiger partial charge in [0, 0.05) is 6.08 Å². The molecule has 1 aromatic rings. The number of rotatable bonds is 2. The van der Waals surface area contributed by atoms with E-state index in [4.69, 9.17) is 22.4 Å². The third kappa shape index (κ3) is 2.80. The average Bonchev–Trinajstić information content (AvgIpc) is 2.07. The van der Waals surface area contributed by atoms with Gasteiger partial charge in [-0.25, -0.2) is 4.79 Å². The van der Waals surface area contributed by atoms with Crippen molar-refractivity contribution in [2.45, 2.75) is 0 Å². The number of nitrogens with two attached hydrogens (primary N) is 1. The summed E-state index contributed by atoms with van der Waals surface area (Å²) >= 11 is 5.72. The maximum atomic E-state index is 10.2. The first-order valence-electron chi connectivity index (χ1n) is 3.55. The summed E-state index contributed by atoms with van der Waals surface area (Å²) in [5.74, 6) is -0.993. The molecule has 13 heavy (non-hydrogen) atoms. The second-order valence-electron chi connectivity index (χ2n) is 2.45. The fraction of sp³-hybridized carbons (Fsp3) is 0. The van der Waals surface area contributed by atoms with Crippen LogP contribution in [0.2, 0.25) is 5.02 Å². The van der Waals surface area contributed by atoms with Crippen LogP contribution in [-0.4, -0.2) is 11.1 Å². The molecule has 0 spiro atoms. The zero-order valence-corrected chi connectivity index (χ0v) is 7.45. The van der Waals surface area contributed by atoms with Gasteiger partial charge in [0.2, 0.25) is 0 Å². The maximum Gasteiger partial charge on any atom is 0.328 e. The van der Waals surface area contributed by atoms with Crippen LogP contribution in [0.25, 0.3) is 6.08 Å². The summed E-state index contributed by atoms with van der Waals surface area (Å²) in [6.45, 7) is 0. The summed E-state index contributed by atoms with van der Waals surface area (Å²) < 4.78 is 0. The lowest BCUT2D eigenvalue weighted by Gasteiger charge is -1.97. The Kier molecular flexibility index (Phi) is 2.93. The molecule has 4 heteroatoms. The molecular formula is C9H8ClNO2. The van der Waals surface area contributed by atoms with Crippen molar-refractivity contribution < 1.29 is 9.90 Å². The minimum Gasteiger partial charge on any atom is -0.478 e. The summed E-state index contributed by atoms with van der Waals surface area (Å²) in [4.78, 5) is 10.2. The van der Waals surface area contributed by atoms with Crippen LogP contribution in [0.5, 0.6) is 0 Å². The van der Waals surface area contributed by atoms with Gasteiger partial charge < -0.3 is 10.8 Å². The lowest BCUT2D eigenvalue weighted by molar-refractivity contribution is -0.131. The zero-order valence-electron chi connectivity index (χ0n) is 6.70. The standard InChI is InChI=1S/C9H8ClNO2/c10-7-5-6(1-3-8(7)11)2-4-9(12)13/h1-5H,11H2,(H,12,13)/b4-2+. The molecule has 0 saturated heterocycles. The quantitative estimate of drug-likeness (QED) is 0.563. The van der Waals surface area contributed by atoms with Crippen molar-refractivity contribution in [1.82, 2.24) is 0 Å². The minimum atomic E-state index is -0.993. The molecule has 0 heterocycles. The Labute approximate surface area is 80.4 Å². The van der Waals surface area contributed by atoms with Gasteiger partial charge in [-0.2, -0.15) is 0 Å². The van der Waals surface area contributed by atoms with Crippen molar-refractivity contribution in [3.63, 3.8) is 0 Å². The Morgan fingerprint density at radius 3 is 2.77 bits per heavy atom. The average molecular weight is 198 g/mol. The highest BCUT2D eigenvalue weighted by molar-refractivity contribution is 6.33. The van der Waals surface area contributed by atoms with Crippen molar-refractivity contribution in [2.24, 2.45) is 0 Å². The third-order valence-electron chi connectivity index (χ3n) is 1.44. The molecule has 3 N–H and O–H groups in total. The first-order valence-corrected chi connectivity index (χ1v) is 3.93. The molecule has 0 aromatic heterocycles. The number of anilines is 1. The Bertz CT molecular complexity index is 361. The number of halogens is 1. The molecule has 0 bridgehead atoms. The van der Waals surface area contributed by atoms with E-state index in [2.05, 4.69) is 0 Å². The zero-order chi connectivity index (χ0) is 9.84. The Hall–Kier alpha value is -1.48. The van der Waals surface area contributed by atoms with E-state index in [-0.39, 0.29) is 0 Å². The van der Waals surface area contributed by atoms with Crippen LogP contribution in [-0.2, 0) is 4.79 Å². The van der Waals surface area contributed by atoms with Gasteiger partial charge in [-0.15, -0.1) is 0 Å². The molecule has 1 rings (SSSR count). The van der Waals surface area contributed by atoms with E-state index in [0.29, 0.717) is 16.3 Å². The molecular weight excluding hydrogens is 190 g/mol. The minimum absolute atomic E-state index is 0.424. The van der Waals surface area contributed by atoms with E-state index in [1.54, 1.807) is 18.2 Å². The highest BCUT2D eigenvalue weighted by atomic mass is 35.5. The van der Waals surface area contributed by atoms with E-state index < -0.39 is 5.97 Å². The van der Waals surface area contributed by atoms with Crippen LogP contribution in [0.3, 0.4) is 0 Å². The lowest BCUT2D eigenvalue weighted by Crippen LogP contribution is -1.87. The number of nitrogen functional groups attached to an aromatic ring is 1. The molecule has 0 atom stereocenters. The first kappa shape index (κ1) is 9.61. The normalized spacial score (nSPS) is 10.5.